The molecule has 1 N–H and O–H groups in total. The van der Waals surface area contributed by atoms with Gasteiger partial charge in [-0.25, -0.2) is 4.79 Å². The molecule has 2 heterocycles. The number of carbonyl (C=O) groups is 1. The lowest BCUT2D eigenvalue weighted by molar-refractivity contribution is 0.207. The molecule has 1 aliphatic heterocycles. The van der Waals surface area contributed by atoms with Crippen LogP contribution in [0.4, 0.5) is 10.5 Å². The molecule has 0 unspecified atom stereocenters. The van der Waals surface area contributed by atoms with E-state index in [0.717, 1.165) is 23.4 Å². The fraction of sp³-hybridized carbons (Fsp3) is 0.294. The molecular weight excluding hydrogens is 262 g/mol. The van der Waals surface area contributed by atoms with E-state index in [9.17, 15) is 4.79 Å². The van der Waals surface area contributed by atoms with Gasteiger partial charge in [-0.2, -0.15) is 0 Å². The molecular formula is C17H19N3O. The van der Waals surface area contributed by atoms with Gasteiger partial charge in [0.15, 0.2) is 0 Å². The third-order valence-corrected chi connectivity index (χ3v) is 3.76. The van der Waals surface area contributed by atoms with Gasteiger partial charge in [0, 0.05) is 37.1 Å². The average Bonchev–Trinajstić information content (AvgIpc) is 2.47. The van der Waals surface area contributed by atoms with Crippen LogP contribution in [0.25, 0.3) is 0 Å². The van der Waals surface area contributed by atoms with Crippen LogP contribution in [-0.2, 0) is 13.0 Å². The Bertz CT molecular complexity index is 664. The SMILES string of the molecule is Cc1ccc(CCN2Cc3cc(C)ccc3NC2=O)nc1. The summed E-state index contributed by atoms with van der Waals surface area (Å²) in [5, 5.41) is 2.95. The standard InChI is InChI=1S/C17H19N3O/c1-12-4-6-16-14(9-12)11-20(17(21)19-16)8-7-15-5-3-13(2)10-18-15/h3-6,9-10H,7-8,11H2,1-2H3,(H,19,21). The van der Waals surface area contributed by atoms with E-state index in [1.807, 2.05) is 36.2 Å². The van der Waals surface area contributed by atoms with Crippen molar-refractivity contribution in [3.8, 4) is 0 Å². The van der Waals surface area contributed by atoms with Crippen LogP contribution in [0.3, 0.4) is 0 Å². The number of hydrogen-bond acceptors (Lipinski definition) is 2. The molecule has 1 aromatic carbocycles. The van der Waals surface area contributed by atoms with E-state index in [1.165, 1.54) is 11.1 Å². The van der Waals surface area contributed by atoms with Crippen LogP contribution in [0.5, 0.6) is 0 Å². The van der Waals surface area contributed by atoms with E-state index in [1.54, 1.807) is 0 Å². The number of amides is 2. The van der Waals surface area contributed by atoms with E-state index in [0.29, 0.717) is 13.1 Å². The maximum atomic E-state index is 12.1. The van der Waals surface area contributed by atoms with Gasteiger partial charge in [0.05, 0.1) is 0 Å². The van der Waals surface area contributed by atoms with Crippen molar-refractivity contribution in [2.24, 2.45) is 0 Å². The Morgan fingerprint density at radius 2 is 2.00 bits per heavy atom. The van der Waals surface area contributed by atoms with E-state index < -0.39 is 0 Å². The lowest BCUT2D eigenvalue weighted by Crippen LogP contribution is -2.39. The Labute approximate surface area is 124 Å². The molecule has 1 aliphatic rings. The lowest BCUT2D eigenvalue weighted by Gasteiger charge is -2.29. The first-order valence-corrected chi connectivity index (χ1v) is 7.19. The summed E-state index contributed by atoms with van der Waals surface area (Å²) in [4.78, 5) is 18.3. The molecule has 0 atom stereocenters. The van der Waals surface area contributed by atoms with Crippen molar-refractivity contribution < 1.29 is 4.79 Å². The Morgan fingerprint density at radius 3 is 2.76 bits per heavy atom. The molecule has 4 nitrogen and oxygen atoms in total. The van der Waals surface area contributed by atoms with Gasteiger partial charge in [0.2, 0.25) is 0 Å². The molecule has 2 aromatic rings. The maximum absolute atomic E-state index is 12.1. The van der Waals surface area contributed by atoms with E-state index >= 15 is 0 Å². The zero-order valence-corrected chi connectivity index (χ0v) is 12.4. The normalized spacial score (nSPS) is 13.8. The summed E-state index contributed by atoms with van der Waals surface area (Å²) < 4.78 is 0. The summed E-state index contributed by atoms with van der Waals surface area (Å²) in [7, 11) is 0. The van der Waals surface area contributed by atoms with Crippen molar-refractivity contribution in [3.63, 3.8) is 0 Å². The molecule has 0 radical (unpaired) electrons. The van der Waals surface area contributed by atoms with Crippen LogP contribution in [0, 0.1) is 13.8 Å². The molecule has 0 saturated heterocycles. The molecule has 2 amide bonds. The Morgan fingerprint density at radius 1 is 1.19 bits per heavy atom. The van der Waals surface area contributed by atoms with Crippen LogP contribution < -0.4 is 5.32 Å². The van der Waals surface area contributed by atoms with Crippen LogP contribution in [0.2, 0.25) is 0 Å². The number of rotatable bonds is 3. The molecule has 4 heteroatoms. The minimum Gasteiger partial charge on any atom is -0.320 e. The summed E-state index contributed by atoms with van der Waals surface area (Å²) in [6.45, 7) is 5.43. The number of benzene rings is 1. The lowest BCUT2D eigenvalue weighted by atomic mass is 10.1. The van der Waals surface area contributed by atoms with Gasteiger partial charge in [-0.05, 0) is 37.1 Å². The maximum Gasteiger partial charge on any atom is 0.322 e. The highest BCUT2D eigenvalue weighted by atomic mass is 16.2. The Kier molecular flexibility index (Phi) is 3.60. The van der Waals surface area contributed by atoms with Gasteiger partial charge in [-0.1, -0.05) is 23.8 Å². The molecule has 108 valence electrons. The van der Waals surface area contributed by atoms with Crippen LogP contribution in [-0.4, -0.2) is 22.5 Å². The topological polar surface area (TPSA) is 45.2 Å². The second kappa shape index (κ2) is 5.56. The molecule has 0 spiro atoms. The van der Waals surface area contributed by atoms with Gasteiger partial charge < -0.3 is 10.2 Å². The molecule has 3 rings (SSSR count). The van der Waals surface area contributed by atoms with Crippen molar-refractivity contribution >= 4 is 11.7 Å². The number of pyridine rings is 1. The smallest absolute Gasteiger partial charge is 0.320 e. The summed E-state index contributed by atoms with van der Waals surface area (Å²) in [5.41, 5.74) is 5.48. The molecule has 1 aromatic heterocycles. The highest BCUT2D eigenvalue weighted by Crippen LogP contribution is 2.24. The number of aryl methyl sites for hydroxylation is 2. The third-order valence-electron chi connectivity index (χ3n) is 3.76. The van der Waals surface area contributed by atoms with Gasteiger partial charge >= 0.3 is 6.03 Å². The first-order chi connectivity index (χ1) is 10.1. The monoisotopic (exact) mass is 281 g/mol. The van der Waals surface area contributed by atoms with Crippen molar-refractivity contribution in [1.29, 1.82) is 0 Å². The predicted molar refractivity (Wildman–Crippen MR) is 83.3 cm³/mol. The zero-order chi connectivity index (χ0) is 14.8. The molecule has 21 heavy (non-hydrogen) atoms. The third kappa shape index (κ3) is 3.05. The number of nitrogens with zero attached hydrogens (tertiary/aromatic N) is 2. The first kappa shape index (κ1) is 13.6. The van der Waals surface area contributed by atoms with Crippen LogP contribution in [0.1, 0.15) is 22.4 Å². The molecule has 0 saturated carbocycles. The quantitative estimate of drug-likeness (QED) is 0.938. The van der Waals surface area contributed by atoms with Gasteiger partial charge in [0.25, 0.3) is 0 Å². The summed E-state index contributed by atoms with van der Waals surface area (Å²) in [6.07, 6.45) is 2.64. The average molecular weight is 281 g/mol. The fourth-order valence-corrected chi connectivity index (χ4v) is 2.52. The molecule has 0 bridgehead atoms. The minimum absolute atomic E-state index is 0.0292. The Hall–Kier alpha value is -2.36. The minimum atomic E-state index is -0.0292. The summed E-state index contributed by atoms with van der Waals surface area (Å²) in [6, 6.07) is 10.2. The number of anilines is 1. The predicted octanol–water partition coefficient (Wildman–Crippen LogP) is 3.29. The van der Waals surface area contributed by atoms with Crippen molar-refractivity contribution in [2.45, 2.75) is 26.8 Å². The van der Waals surface area contributed by atoms with Crippen LogP contribution in [0.15, 0.2) is 36.5 Å². The highest BCUT2D eigenvalue weighted by molar-refractivity contribution is 5.92. The Balaban J connectivity index is 1.69. The van der Waals surface area contributed by atoms with Gasteiger partial charge in [-0.15, -0.1) is 0 Å². The second-order valence-electron chi connectivity index (χ2n) is 5.59. The van der Waals surface area contributed by atoms with Crippen LogP contribution >= 0.6 is 0 Å². The van der Waals surface area contributed by atoms with E-state index in [4.69, 9.17) is 0 Å². The van der Waals surface area contributed by atoms with E-state index in [-0.39, 0.29) is 6.03 Å². The number of fused-ring (bicyclic) bond motifs is 1. The fourth-order valence-electron chi connectivity index (χ4n) is 2.52. The van der Waals surface area contributed by atoms with Crippen molar-refractivity contribution in [1.82, 2.24) is 9.88 Å². The molecule has 0 fully saturated rings. The van der Waals surface area contributed by atoms with Gasteiger partial charge in [0.1, 0.15) is 0 Å². The highest BCUT2D eigenvalue weighted by Gasteiger charge is 2.22. The summed E-state index contributed by atoms with van der Waals surface area (Å²) in [5.74, 6) is 0. The number of hydrogen-bond donors (Lipinski definition) is 1. The number of aromatic nitrogens is 1. The van der Waals surface area contributed by atoms with Crippen molar-refractivity contribution in [3.05, 3.63) is 58.9 Å². The number of urea groups is 1. The zero-order valence-electron chi connectivity index (χ0n) is 12.4. The first-order valence-electron chi connectivity index (χ1n) is 7.19. The second-order valence-corrected chi connectivity index (χ2v) is 5.59. The number of carbonyl (C=O) groups excluding carboxylic acids is 1. The van der Waals surface area contributed by atoms with E-state index in [2.05, 4.69) is 29.4 Å². The molecule has 0 aliphatic carbocycles. The summed E-state index contributed by atoms with van der Waals surface area (Å²) >= 11 is 0. The number of nitrogens with one attached hydrogen (secondary N) is 1. The van der Waals surface area contributed by atoms with Crippen molar-refractivity contribution in [2.75, 3.05) is 11.9 Å². The van der Waals surface area contributed by atoms with Gasteiger partial charge in [-0.3, -0.25) is 4.98 Å². The largest absolute Gasteiger partial charge is 0.322 e.